The van der Waals surface area contributed by atoms with Gasteiger partial charge in [0.15, 0.2) is 0 Å². The Kier molecular flexibility index (Phi) is 4.33. The number of benzene rings is 1. The van der Waals surface area contributed by atoms with Gasteiger partial charge in [-0.15, -0.1) is 0 Å². The zero-order valence-electron chi connectivity index (χ0n) is 10.5. The summed E-state index contributed by atoms with van der Waals surface area (Å²) in [7, 11) is 1.93. The smallest absolute Gasteiger partial charge is 0.0945 e. The van der Waals surface area contributed by atoms with Gasteiger partial charge in [-0.3, -0.25) is 0 Å². The molecule has 0 aliphatic rings. The first-order valence-electron chi connectivity index (χ1n) is 5.53. The highest BCUT2D eigenvalue weighted by Gasteiger charge is 2.12. The SMILES string of the molecule is Cc1cc(C)c(N(C)CC(O)CO)c(C)c1. The molecule has 1 rings (SSSR count). The quantitative estimate of drug-likeness (QED) is 0.811. The van der Waals surface area contributed by atoms with Gasteiger partial charge in [0.1, 0.15) is 0 Å². The second-order valence-corrected chi connectivity index (χ2v) is 4.46. The van der Waals surface area contributed by atoms with Gasteiger partial charge in [-0.25, -0.2) is 0 Å². The summed E-state index contributed by atoms with van der Waals surface area (Å²) in [5.74, 6) is 0. The molecule has 0 aliphatic heterocycles. The maximum Gasteiger partial charge on any atom is 0.0945 e. The molecule has 1 aromatic rings. The Labute approximate surface area is 97.3 Å². The summed E-state index contributed by atoms with van der Waals surface area (Å²) in [6.07, 6.45) is -0.690. The second kappa shape index (κ2) is 5.32. The number of nitrogens with zero attached hydrogens (tertiary/aromatic N) is 1. The third kappa shape index (κ3) is 2.97. The van der Waals surface area contributed by atoms with E-state index in [-0.39, 0.29) is 6.61 Å². The van der Waals surface area contributed by atoms with Gasteiger partial charge in [-0.1, -0.05) is 17.7 Å². The van der Waals surface area contributed by atoms with Gasteiger partial charge in [0, 0.05) is 19.3 Å². The minimum Gasteiger partial charge on any atom is -0.394 e. The van der Waals surface area contributed by atoms with E-state index < -0.39 is 6.10 Å². The first kappa shape index (κ1) is 13.0. The summed E-state index contributed by atoms with van der Waals surface area (Å²) in [5, 5.41) is 18.3. The lowest BCUT2D eigenvalue weighted by molar-refractivity contribution is 0.101. The topological polar surface area (TPSA) is 43.7 Å². The van der Waals surface area contributed by atoms with Crippen LogP contribution in [0.4, 0.5) is 5.69 Å². The molecular weight excluding hydrogens is 202 g/mol. The Bertz CT molecular complexity index is 340. The van der Waals surface area contributed by atoms with Crippen molar-refractivity contribution in [2.24, 2.45) is 0 Å². The molecule has 2 N–H and O–H groups in total. The van der Waals surface area contributed by atoms with Crippen LogP contribution in [0, 0.1) is 20.8 Å². The monoisotopic (exact) mass is 223 g/mol. The van der Waals surface area contributed by atoms with Crippen molar-refractivity contribution in [3.05, 3.63) is 28.8 Å². The van der Waals surface area contributed by atoms with Gasteiger partial charge in [0.2, 0.25) is 0 Å². The van der Waals surface area contributed by atoms with Crippen LogP contribution < -0.4 is 4.90 Å². The molecule has 0 fully saturated rings. The van der Waals surface area contributed by atoms with E-state index in [9.17, 15) is 5.11 Å². The Morgan fingerprint density at radius 3 is 2.12 bits per heavy atom. The van der Waals surface area contributed by atoms with Crippen LogP contribution in [0.1, 0.15) is 16.7 Å². The molecule has 0 aliphatic carbocycles. The predicted molar refractivity (Wildman–Crippen MR) is 67.0 cm³/mol. The van der Waals surface area contributed by atoms with Gasteiger partial charge >= 0.3 is 0 Å². The summed E-state index contributed by atoms with van der Waals surface area (Å²) >= 11 is 0. The number of aryl methyl sites for hydroxylation is 3. The molecule has 0 saturated heterocycles. The maximum absolute atomic E-state index is 9.43. The van der Waals surface area contributed by atoms with Crippen molar-refractivity contribution in [2.75, 3.05) is 25.1 Å². The third-order valence-corrected chi connectivity index (χ3v) is 2.71. The van der Waals surface area contributed by atoms with Crippen LogP contribution in [0.15, 0.2) is 12.1 Å². The molecule has 3 heteroatoms. The van der Waals surface area contributed by atoms with Gasteiger partial charge in [0.05, 0.1) is 12.7 Å². The highest BCUT2D eigenvalue weighted by atomic mass is 16.3. The number of hydrogen-bond donors (Lipinski definition) is 2. The molecule has 90 valence electrons. The van der Waals surface area contributed by atoms with Crippen LogP contribution >= 0.6 is 0 Å². The van der Waals surface area contributed by atoms with E-state index in [2.05, 4.69) is 32.9 Å². The Balaban J connectivity index is 2.95. The summed E-state index contributed by atoms with van der Waals surface area (Å²) in [6, 6.07) is 4.26. The molecular formula is C13H21NO2. The van der Waals surface area contributed by atoms with Crippen molar-refractivity contribution < 1.29 is 10.2 Å². The summed E-state index contributed by atoms with van der Waals surface area (Å²) in [4.78, 5) is 1.99. The number of rotatable bonds is 4. The van der Waals surface area contributed by atoms with Crippen LogP contribution in [0.25, 0.3) is 0 Å². The van der Waals surface area contributed by atoms with Gasteiger partial charge in [0.25, 0.3) is 0 Å². The zero-order chi connectivity index (χ0) is 12.3. The van der Waals surface area contributed by atoms with Crippen molar-refractivity contribution in [3.63, 3.8) is 0 Å². The van der Waals surface area contributed by atoms with Gasteiger partial charge < -0.3 is 15.1 Å². The highest BCUT2D eigenvalue weighted by molar-refractivity contribution is 5.59. The van der Waals surface area contributed by atoms with Crippen LogP contribution in [0.2, 0.25) is 0 Å². The van der Waals surface area contributed by atoms with Gasteiger partial charge in [-0.05, 0) is 31.9 Å². The molecule has 0 amide bonds. The molecule has 3 nitrogen and oxygen atoms in total. The standard InChI is InChI=1S/C13H21NO2/c1-9-5-10(2)13(11(3)6-9)14(4)7-12(16)8-15/h5-6,12,15-16H,7-8H2,1-4H3. The first-order valence-corrected chi connectivity index (χ1v) is 5.53. The summed E-state index contributed by atoms with van der Waals surface area (Å²) < 4.78 is 0. The lowest BCUT2D eigenvalue weighted by Crippen LogP contribution is -2.32. The second-order valence-electron chi connectivity index (χ2n) is 4.46. The van der Waals surface area contributed by atoms with E-state index in [1.165, 1.54) is 16.7 Å². The van der Waals surface area contributed by atoms with Crippen molar-refractivity contribution >= 4 is 5.69 Å². The maximum atomic E-state index is 9.43. The fraction of sp³-hybridized carbons (Fsp3) is 0.538. The third-order valence-electron chi connectivity index (χ3n) is 2.71. The van der Waals surface area contributed by atoms with E-state index in [4.69, 9.17) is 5.11 Å². The number of aliphatic hydroxyl groups excluding tert-OH is 2. The van der Waals surface area contributed by atoms with Crippen molar-refractivity contribution in [1.29, 1.82) is 0 Å². The van der Waals surface area contributed by atoms with E-state index >= 15 is 0 Å². The number of anilines is 1. The van der Waals surface area contributed by atoms with Crippen LogP contribution in [-0.2, 0) is 0 Å². The normalized spacial score (nSPS) is 12.6. The van der Waals surface area contributed by atoms with Crippen molar-refractivity contribution in [2.45, 2.75) is 26.9 Å². The molecule has 1 atom stereocenters. The number of hydrogen-bond acceptors (Lipinski definition) is 3. The predicted octanol–water partition coefficient (Wildman–Crippen LogP) is 1.40. The minimum atomic E-state index is -0.690. The average molecular weight is 223 g/mol. The highest BCUT2D eigenvalue weighted by Crippen LogP contribution is 2.25. The Hall–Kier alpha value is -1.06. The van der Waals surface area contributed by atoms with E-state index in [0.29, 0.717) is 6.54 Å². The van der Waals surface area contributed by atoms with Crippen LogP contribution in [-0.4, -0.2) is 36.5 Å². The number of likely N-dealkylation sites (N-methyl/N-ethyl adjacent to an activating group) is 1. The summed E-state index contributed by atoms with van der Waals surface area (Å²) in [5.41, 5.74) is 4.78. The van der Waals surface area contributed by atoms with E-state index in [0.717, 1.165) is 5.69 Å². The van der Waals surface area contributed by atoms with Crippen molar-refractivity contribution in [1.82, 2.24) is 0 Å². The molecule has 1 unspecified atom stereocenters. The molecule has 0 heterocycles. The van der Waals surface area contributed by atoms with E-state index in [1.54, 1.807) is 0 Å². The summed E-state index contributed by atoms with van der Waals surface area (Å²) in [6.45, 7) is 6.45. The zero-order valence-corrected chi connectivity index (χ0v) is 10.5. The molecule has 0 spiro atoms. The molecule has 0 bridgehead atoms. The average Bonchev–Trinajstić information content (AvgIpc) is 2.15. The number of aliphatic hydroxyl groups is 2. The molecule has 0 aromatic heterocycles. The van der Waals surface area contributed by atoms with E-state index in [1.807, 2.05) is 11.9 Å². The molecule has 0 radical (unpaired) electrons. The first-order chi connectivity index (χ1) is 7.45. The fourth-order valence-corrected chi connectivity index (χ4v) is 2.24. The minimum absolute atomic E-state index is 0.200. The lowest BCUT2D eigenvalue weighted by Gasteiger charge is -2.25. The van der Waals surface area contributed by atoms with Crippen LogP contribution in [0.5, 0.6) is 0 Å². The molecule has 1 aromatic carbocycles. The Morgan fingerprint density at radius 1 is 1.19 bits per heavy atom. The van der Waals surface area contributed by atoms with Crippen LogP contribution in [0.3, 0.4) is 0 Å². The largest absolute Gasteiger partial charge is 0.394 e. The van der Waals surface area contributed by atoms with Gasteiger partial charge in [-0.2, -0.15) is 0 Å². The lowest BCUT2D eigenvalue weighted by atomic mass is 10.0. The fourth-order valence-electron chi connectivity index (χ4n) is 2.24. The van der Waals surface area contributed by atoms with Crippen molar-refractivity contribution in [3.8, 4) is 0 Å². The molecule has 0 saturated carbocycles. The molecule has 16 heavy (non-hydrogen) atoms. The Morgan fingerprint density at radius 2 is 1.69 bits per heavy atom.